The highest BCUT2D eigenvalue weighted by Gasteiger charge is 2.41. The molecule has 1 aliphatic heterocycles. The van der Waals surface area contributed by atoms with E-state index in [-0.39, 0.29) is 31.8 Å². The van der Waals surface area contributed by atoms with Crippen molar-refractivity contribution in [3.63, 3.8) is 0 Å². The van der Waals surface area contributed by atoms with Gasteiger partial charge in [0, 0.05) is 25.1 Å². The van der Waals surface area contributed by atoms with Gasteiger partial charge in [-0.05, 0) is 20.3 Å². The number of H-pyrrole nitrogens is 1. The molecule has 1 aliphatic rings. The Morgan fingerprint density at radius 3 is 2.58 bits per heavy atom. The molecule has 0 aliphatic carbocycles. The lowest BCUT2D eigenvalue weighted by Crippen LogP contribution is -2.33. The number of phosphoric acid groups is 1. The van der Waals surface area contributed by atoms with Crippen LogP contribution in [0.25, 0.3) is 0 Å². The molecule has 204 valence electrons. The maximum atomic E-state index is 13.2. The van der Waals surface area contributed by atoms with Gasteiger partial charge in [0.1, 0.15) is 18.4 Å². The molecule has 1 aromatic heterocycles. The Balaban J connectivity index is 2.13. The number of hydrogen-bond donors (Lipinski definition) is 1. The highest BCUT2D eigenvalue weighted by molar-refractivity contribution is 7.48. The number of phosphoric ester groups is 1. The summed E-state index contributed by atoms with van der Waals surface area (Å²) in [6, 6.07) is 0. The third-order valence-corrected chi connectivity index (χ3v) is 6.65. The van der Waals surface area contributed by atoms with E-state index in [2.05, 4.69) is 4.98 Å². The fourth-order valence-corrected chi connectivity index (χ4v) is 4.64. The average molecular weight is 534 g/mol. The Labute approximate surface area is 209 Å². The smallest absolute Gasteiger partial charge is 0.464 e. The van der Waals surface area contributed by atoms with E-state index in [9.17, 15) is 23.7 Å². The van der Waals surface area contributed by atoms with E-state index in [4.69, 9.17) is 27.8 Å². The van der Waals surface area contributed by atoms with Crippen molar-refractivity contribution >= 4 is 19.8 Å². The summed E-state index contributed by atoms with van der Waals surface area (Å²) < 4.78 is 46.4. The number of aromatic nitrogens is 2. The summed E-state index contributed by atoms with van der Waals surface area (Å²) in [5.74, 6) is -1.33. The molecule has 1 fully saturated rings. The summed E-state index contributed by atoms with van der Waals surface area (Å²) in [5, 5.41) is 0. The van der Waals surface area contributed by atoms with Crippen molar-refractivity contribution in [3.05, 3.63) is 32.6 Å². The molecule has 14 heteroatoms. The van der Waals surface area contributed by atoms with Gasteiger partial charge in [0.25, 0.3) is 5.56 Å². The van der Waals surface area contributed by atoms with Gasteiger partial charge in [-0.3, -0.25) is 32.7 Å². The lowest BCUT2D eigenvalue weighted by Gasteiger charge is -2.22. The molecule has 1 N–H and O–H groups in total. The van der Waals surface area contributed by atoms with E-state index in [1.54, 1.807) is 6.92 Å². The summed E-state index contributed by atoms with van der Waals surface area (Å²) in [6.07, 6.45) is 2.17. The standard InChI is InChI=1S/C22H35N2O11P/c1-5-7-8-9-10-31-36(29,33-14-20(26)30-6-2)32-13-18-17(34-16(4)25)11-19(35-18)24-12-15(3)21(27)23-22(24)28/h12,17-19H,5-11,13-14H2,1-4H3,(H,23,27,28)/t17-,18+,19+,36?/m0/s1. The fraction of sp³-hybridized carbons (Fsp3) is 0.727. The molecule has 13 nitrogen and oxygen atoms in total. The van der Waals surface area contributed by atoms with Gasteiger partial charge in [0.05, 0.1) is 19.8 Å². The Kier molecular flexibility index (Phi) is 12.0. The monoisotopic (exact) mass is 534 g/mol. The molecule has 0 spiro atoms. The Morgan fingerprint density at radius 2 is 1.92 bits per heavy atom. The van der Waals surface area contributed by atoms with Crippen molar-refractivity contribution in [1.29, 1.82) is 0 Å². The zero-order valence-corrected chi connectivity index (χ0v) is 22.0. The van der Waals surface area contributed by atoms with E-state index in [1.165, 1.54) is 24.6 Å². The summed E-state index contributed by atoms with van der Waals surface area (Å²) >= 11 is 0. The van der Waals surface area contributed by atoms with E-state index in [1.807, 2.05) is 6.92 Å². The summed E-state index contributed by atoms with van der Waals surface area (Å²) in [6.45, 7) is 5.58. The maximum Gasteiger partial charge on any atom is 0.475 e. The van der Waals surface area contributed by atoms with Crippen molar-refractivity contribution in [3.8, 4) is 0 Å². The molecule has 4 atom stereocenters. The number of nitrogens with one attached hydrogen (secondary N) is 1. The minimum atomic E-state index is -4.21. The number of unbranched alkanes of at least 4 members (excludes halogenated alkanes) is 3. The number of carbonyl (C=O) groups is 2. The molecule has 0 bridgehead atoms. The molecular weight excluding hydrogens is 499 g/mol. The number of rotatable bonds is 15. The predicted molar refractivity (Wildman–Crippen MR) is 126 cm³/mol. The first kappa shape index (κ1) is 29.9. The van der Waals surface area contributed by atoms with Gasteiger partial charge in [-0.15, -0.1) is 0 Å². The van der Waals surface area contributed by atoms with Crippen LogP contribution in [0.2, 0.25) is 0 Å². The zero-order chi connectivity index (χ0) is 26.7. The Hall–Kier alpha value is -2.31. The average Bonchev–Trinajstić information content (AvgIpc) is 3.20. The van der Waals surface area contributed by atoms with Crippen LogP contribution in [0.4, 0.5) is 0 Å². The van der Waals surface area contributed by atoms with E-state index in [0.29, 0.717) is 6.42 Å². The van der Waals surface area contributed by atoms with Gasteiger partial charge in [-0.25, -0.2) is 14.2 Å². The molecule has 2 rings (SSSR count). The molecule has 0 radical (unpaired) electrons. The summed E-state index contributed by atoms with van der Waals surface area (Å²) in [7, 11) is -4.21. The minimum Gasteiger partial charge on any atom is -0.464 e. The van der Waals surface area contributed by atoms with Crippen molar-refractivity contribution in [2.24, 2.45) is 0 Å². The number of ether oxygens (including phenoxy) is 3. The molecule has 0 amide bonds. The highest BCUT2D eigenvalue weighted by atomic mass is 31.2. The number of aryl methyl sites for hydroxylation is 1. The third kappa shape index (κ3) is 9.29. The number of esters is 2. The maximum absolute atomic E-state index is 13.2. The van der Waals surface area contributed by atoms with Crippen molar-refractivity contribution in [2.75, 3.05) is 26.4 Å². The topological polar surface area (TPSA) is 161 Å². The molecule has 1 unspecified atom stereocenters. The molecule has 0 saturated carbocycles. The SMILES string of the molecule is CCCCCCOP(=O)(OCC(=O)OCC)OC[C@H]1O[C@@H](n2cc(C)c(=O)[nH]c2=O)C[C@@H]1OC(C)=O. The second-order valence-corrected chi connectivity index (χ2v) is 9.88. The second kappa shape index (κ2) is 14.4. The minimum absolute atomic E-state index is 0.0743. The Morgan fingerprint density at radius 1 is 1.17 bits per heavy atom. The van der Waals surface area contributed by atoms with E-state index < -0.39 is 56.1 Å². The van der Waals surface area contributed by atoms with Gasteiger partial charge in [0.2, 0.25) is 0 Å². The quantitative estimate of drug-likeness (QED) is 0.200. The molecule has 1 saturated heterocycles. The van der Waals surface area contributed by atoms with Crippen LogP contribution in [-0.4, -0.2) is 60.1 Å². The van der Waals surface area contributed by atoms with Crippen LogP contribution in [0.5, 0.6) is 0 Å². The first-order valence-corrected chi connectivity index (χ1v) is 13.4. The normalized spacial score (nSPS) is 21.2. The first-order valence-electron chi connectivity index (χ1n) is 11.9. The van der Waals surface area contributed by atoms with E-state index in [0.717, 1.165) is 19.3 Å². The lowest BCUT2D eigenvalue weighted by molar-refractivity contribution is -0.151. The molecule has 0 aromatic carbocycles. The third-order valence-electron chi connectivity index (χ3n) is 5.24. The van der Waals surface area contributed by atoms with Crippen LogP contribution in [-0.2, 0) is 41.9 Å². The van der Waals surface area contributed by atoms with Gasteiger partial charge in [-0.1, -0.05) is 26.2 Å². The highest BCUT2D eigenvalue weighted by Crippen LogP contribution is 2.50. The molecule has 2 heterocycles. The zero-order valence-electron chi connectivity index (χ0n) is 21.1. The summed E-state index contributed by atoms with van der Waals surface area (Å²) in [5.41, 5.74) is -0.936. The number of hydrogen-bond acceptors (Lipinski definition) is 11. The van der Waals surface area contributed by atoms with E-state index >= 15 is 0 Å². The summed E-state index contributed by atoms with van der Waals surface area (Å²) in [4.78, 5) is 49.5. The van der Waals surface area contributed by atoms with Crippen LogP contribution in [0.1, 0.15) is 64.7 Å². The lowest BCUT2D eigenvalue weighted by atomic mass is 10.2. The molecular formula is C22H35N2O11P. The van der Waals surface area contributed by atoms with Crippen molar-refractivity contribution in [2.45, 2.75) is 78.2 Å². The number of carbonyl (C=O) groups excluding carboxylic acids is 2. The van der Waals surface area contributed by atoms with Crippen molar-refractivity contribution in [1.82, 2.24) is 9.55 Å². The van der Waals surface area contributed by atoms with Gasteiger partial charge >= 0.3 is 25.5 Å². The molecule has 36 heavy (non-hydrogen) atoms. The fourth-order valence-electron chi connectivity index (χ4n) is 3.47. The van der Waals surface area contributed by atoms with Crippen LogP contribution < -0.4 is 11.2 Å². The van der Waals surface area contributed by atoms with Crippen LogP contribution in [0.3, 0.4) is 0 Å². The molecule has 1 aromatic rings. The van der Waals surface area contributed by atoms with Crippen LogP contribution in [0.15, 0.2) is 15.8 Å². The number of nitrogens with zero attached hydrogens (tertiary/aromatic N) is 1. The largest absolute Gasteiger partial charge is 0.475 e. The predicted octanol–water partition coefficient (Wildman–Crippen LogP) is 2.37. The van der Waals surface area contributed by atoms with Gasteiger partial charge in [-0.2, -0.15) is 0 Å². The van der Waals surface area contributed by atoms with Crippen LogP contribution >= 0.6 is 7.82 Å². The van der Waals surface area contributed by atoms with Gasteiger partial charge in [0.15, 0.2) is 6.61 Å². The second-order valence-electron chi connectivity index (χ2n) is 8.21. The van der Waals surface area contributed by atoms with Crippen molar-refractivity contribution < 1.29 is 41.9 Å². The number of aromatic amines is 1. The first-order chi connectivity index (χ1) is 17.1. The van der Waals surface area contributed by atoms with Crippen LogP contribution in [0, 0.1) is 6.92 Å². The Bertz CT molecular complexity index is 1040. The van der Waals surface area contributed by atoms with Gasteiger partial charge < -0.3 is 14.2 Å².